The summed E-state index contributed by atoms with van der Waals surface area (Å²) in [7, 11) is -1.19. The summed E-state index contributed by atoms with van der Waals surface area (Å²) in [6.07, 6.45) is 2.40. The van der Waals surface area contributed by atoms with Crippen molar-refractivity contribution >= 4 is 19.7 Å². The fourth-order valence-corrected chi connectivity index (χ4v) is 6.53. The molecule has 0 N–H and O–H groups in total. The Hall–Kier alpha value is -1.60. The maximum absolute atomic E-state index is 2.40. The second-order valence-electron chi connectivity index (χ2n) is 6.18. The number of hydrogen-bond donors (Lipinski definition) is 0. The summed E-state index contributed by atoms with van der Waals surface area (Å²) in [6, 6.07) is 27.1. The Labute approximate surface area is 136 Å². The molecule has 2 aromatic carbocycles. The lowest BCUT2D eigenvalue weighted by Crippen LogP contribution is -2.31. The average Bonchev–Trinajstić information content (AvgIpc) is 2.60. The maximum Gasteiger partial charge on any atom is 0.0571 e. The summed E-state index contributed by atoms with van der Waals surface area (Å²) in [6.45, 7) is 7.18. The number of rotatable bonds is 7. The third-order valence-electron chi connectivity index (χ3n) is 5.10. The molecule has 0 saturated heterocycles. The molecule has 0 unspecified atom stereocenters. The second kappa shape index (κ2) is 8.14. The molecule has 22 heavy (non-hydrogen) atoms. The predicted molar refractivity (Wildman–Crippen MR) is 103 cm³/mol. The van der Waals surface area contributed by atoms with Crippen LogP contribution in [-0.2, 0) is 0 Å². The summed E-state index contributed by atoms with van der Waals surface area (Å²) in [5, 5.41) is 0. The first-order valence-electron chi connectivity index (χ1n) is 8.54. The molecule has 0 bridgehead atoms. The minimum Gasteiger partial charge on any atom is -0.0678 e. The third-order valence-corrected chi connectivity index (χ3v) is 10.7. The molecule has 2 aromatic rings. The standard InChI is InChI=1S/C21H28Si/c1-4-22(5-2,6-3)18-21(20-15-11-8-12-16-20)17-19-13-9-7-10-14-19/h7-17H,4-6,18H2,1-3H3/b21-17-. The Morgan fingerprint density at radius 3 is 1.77 bits per heavy atom. The van der Waals surface area contributed by atoms with E-state index in [9.17, 15) is 0 Å². The van der Waals surface area contributed by atoms with E-state index in [1.807, 2.05) is 0 Å². The Morgan fingerprint density at radius 1 is 0.773 bits per heavy atom. The normalized spacial score (nSPS) is 12.4. The Bertz CT molecular complexity index is 572. The largest absolute Gasteiger partial charge is 0.0678 e. The molecule has 0 aliphatic carbocycles. The van der Waals surface area contributed by atoms with E-state index >= 15 is 0 Å². The van der Waals surface area contributed by atoms with Gasteiger partial charge >= 0.3 is 0 Å². The Kier molecular flexibility index (Phi) is 6.20. The van der Waals surface area contributed by atoms with E-state index in [1.54, 1.807) is 0 Å². The van der Waals surface area contributed by atoms with Crippen molar-refractivity contribution in [1.82, 2.24) is 0 Å². The van der Waals surface area contributed by atoms with Gasteiger partial charge in [0.25, 0.3) is 0 Å². The molecule has 0 nitrogen and oxygen atoms in total. The first-order valence-corrected chi connectivity index (χ1v) is 11.4. The maximum atomic E-state index is 2.40. The van der Waals surface area contributed by atoms with Gasteiger partial charge in [0.2, 0.25) is 0 Å². The predicted octanol–water partition coefficient (Wildman–Crippen LogP) is 6.74. The van der Waals surface area contributed by atoms with Gasteiger partial charge in [0.05, 0.1) is 8.07 Å². The molecule has 0 atom stereocenters. The molecule has 0 spiro atoms. The molecule has 0 heterocycles. The zero-order chi connectivity index (χ0) is 15.8. The fraction of sp³-hybridized carbons (Fsp3) is 0.333. The smallest absolute Gasteiger partial charge is 0.0571 e. The van der Waals surface area contributed by atoms with Gasteiger partial charge in [-0.05, 0) is 22.7 Å². The van der Waals surface area contributed by atoms with E-state index in [0.29, 0.717) is 0 Å². The molecule has 0 amide bonds. The van der Waals surface area contributed by atoms with Crippen LogP contribution in [0.4, 0.5) is 0 Å². The van der Waals surface area contributed by atoms with Crippen LogP contribution in [0.3, 0.4) is 0 Å². The van der Waals surface area contributed by atoms with E-state index in [4.69, 9.17) is 0 Å². The van der Waals surface area contributed by atoms with E-state index in [-0.39, 0.29) is 0 Å². The fourth-order valence-electron chi connectivity index (χ4n) is 3.17. The van der Waals surface area contributed by atoms with Crippen molar-refractivity contribution in [3.8, 4) is 0 Å². The lowest BCUT2D eigenvalue weighted by atomic mass is 10.0. The zero-order valence-electron chi connectivity index (χ0n) is 14.2. The Balaban J connectivity index is 2.41. The van der Waals surface area contributed by atoms with Gasteiger partial charge in [-0.2, -0.15) is 0 Å². The number of allylic oxidation sites excluding steroid dienone is 1. The monoisotopic (exact) mass is 308 g/mol. The second-order valence-corrected chi connectivity index (χ2v) is 11.7. The minimum absolute atomic E-state index is 1.19. The van der Waals surface area contributed by atoms with Gasteiger partial charge in [0, 0.05) is 0 Å². The van der Waals surface area contributed by atoms with Crippen LogP contribution < -0.4 is 0 Å². The van der Waals surface area contributed by atoms with Crippen molar-refractivity contribution in [2.45, 2.75) is 44.9 Å². The van der Waals surface area contributed by atoms with Crippen molar-refractivity contribution < 1.29 is 0 Å². The highest BCUT2D eigenvalue weighted by atomic mass is 28.3. The van der Waals surface area contributed by atoms with Gasteiger partial charge in [0.15, 0.2) is 0 Å². The summed E-state index contributed by atoms with van der Waals surface area (Å²) in [5.41, 5.74) is 4.22. The summed E-state index contributed by atoms with van der Waals surface area (Å²) in [4.78, 5) is 0. The van der Waals surface area contributed by atoms with Crippen LogP contribution >= 0.6 is 0 Å². The van der Waals surface area contributed by atoms with Crippen LogP contribution in [0.2, 0.25) is 24.2 Å². The van der Waals surface area contributed by atoms with E-state index < -0.39 is 8.07 Å². The molecule has 0 aliphatic heterocycles. The summed E-state index contributed by atoms with van der Waals surface area (Å²) in [5.74, 6) is 0. The first kappa shape index (κ1) is 16.8. The van der Waals surface area contributed by atoms with Gasteiger partial charge in [-0.15, -0.1) is 0 Å². The molecule has 0 fully saturated rings. The van der Waals surface area contributed by atoms with Crippen LogP contribution in [0.25, 0.3) is 11.6 Å². The van der Waals surface area contributed by atoms with Crippen LogP contribution in [0.15, 0.2) is 60.7 Å². The van der Waals surface area contributed by atoms with Crippen molar-refractivity contribution in [3.63, 3.8) is 0 Å². The molecular formula is C21H28Si. The van der Waals surface area contributed by atoms with Gasteiger partial charge in [-0.1, -0.05) is 106 Å². The first-order chi connectivity index (χ1) is 10.7. The Morgan fingerprint density at radius 2 is 1.27 bits per heavy atom. The molecule has 0 aromatic heterocycles. The number of hydrogen-bond acceptors (Lipinski definition) is 0. The zero-order valence-corrected chi connectivity index (χ0v) is 15.2. The molecule has 2 rings (SSSR count). The summed E-state index contributed by atoms with van der Waals surface area (Å²) >= 11 is 0. The summed E-state index contributed by atoms with van der Waals surface area (Å²) < 4.78 is 0. The van der Waals surface area contributed by atoms with Crippen molar-refractivity contribution in [2.24, 2.45) is 0 Å². The molecule has 0 radical (unpaired) electrons. The lowest BCUT2D eigenvalue weighted by molar-refractivity contribution is 1.15. The van der Waals surface area contributed by atoms with E-state index in [2.05, 4.69) is 87.5 Å². The van der Waals surface area contributed by atoms with Crippen LogP contribution in [-0.4, -0.2) is 8.07 Å². The van der Waals surface area contributed by atoms with Gasteiger partial charge in [-0.3, -0.25) is 0 Å². The number of benzene rings is 2. The van der Waals surface area contributed by atoms with Crippen molar-refractivity contribution in [3.05, 3.63) is 71.8 Å². The average molecular weight is 309 g/mol. The molecule has 0 saturated carbocycles. The van der Waals surface area contributed by atoms with Gasteiger partial charge in [0.1, 0.15) is 0 Å². The van der Waals surface area contributed by atoms with Gasteiger partial charge < -0.3 is 0 Å². The quantitative estimate of drug-likeness (QED) is 0.392. The van der Waals surface area contributed by atoms with Crippen LogP contribution in [0.5, 0.6) is 0 Å². The van der Waals surface area contributed by atoms with E-state index in [1.165, 1.54) is 40.9 Å². The van der Waals surface area contributed by atoms with E-state index in [0.717, 1.165) is 0 Å². The van der Waals surface area contributed by atoms with Crippen molar-refractivity contribution in [1.29, 1.82) is 0 Å². The highest BCUT2D eigenvalue weighted by Crippen LogP contribution is 2.34. The van der Waals surface area contributed by atoms with Crippen LogP contribution in [0, 0.1) is 0 Å². The minimum atomic E-state index is -1.19. The topological polar surface area (TPSA) is 0 Å². The molecule has 0 aliphatic rings. The molecule has 116 valence electrons. The highest BCUT2D eigenvalue weighted by Gasteiger charge is 2.28. The SMILES string of the molecule is CC[Si](CC)(CC)C/C(=C/c1ccccc1)c1ccccc1. The molecular weight excluding hydrogens is 280 g/mol. The highest BCUT2D eigenvalue weighted by molar-refractivity contribution is 6.81. The van der Waals surface area contributed by atoms with Crippen LogP contribution in [0.1, 0.15) is 31.9 Å². The van der Waals surface area contributed by atoms with Gasteiger partial charge in [-0.25, -0.2) is 0 Å². The third kappa shape index (κ3) is 4.20. The van der Waals surface area contributed by atoms with Crippen molar-refractivity contribution in [2.75, 3.05) is 0 Å². The molecule has 1 heteroatoms. The lowest BCUT2D eigenvalue weighted by Gasteiger charge is -2.29.